The van der Waals surface area contributed by atoms with Crippen LogP contribution in [0.15, 0.2) is 41.2 Å². The van der Waals surface area contributed by atoms with Crippen molar-refractivity contribution in [1.29, 1.82) is 0 Å². The molecule has 0 aliphatic carbocycles. The van der Waals surface area contributed by atoms with Gasteiger partial charge >= 0.3 is 5.97 Å². The van der Waals surface area contributed by atoms with Crippen molar-refractivity contribution < 1.29 is 23.1 Å². The van der Waals surface area contributed by atoms with Crippen molar-refractivity contribution in [2.24, 2.45) is 11.7 Å². The maximum absolute atomic E-state index is 14.0. The van der Waals surface area contributed by atoms with E-state index in [1.807, 2.05) is 0 Å². The molecule has 2 N–H and O–H groups in total. The zero-order valence-electron chi connectivity index (χ0n) is 17.2. The van der Waals surface area contributed by atoms with Gasteiger partial charge in [0.2, 0.25) is 11.9 Å². The van der Waals surface area contributed by atoms with Crippen LogP contribution in [0.5, 0.6) is 0 Å². The van der Waals surface area contributed by atoms with Crippen LogP contribution in [0.3, 0.4) is 0 Å². The number of benzene rings is 2. The number of fused-ring (bicyclic) bond motifs is 1. The Morgan fingerprint density at radius 1 is 1.09 bits per heavy atom. The highest BCUT2D eigenvalue weighted by molar-refractivity contribution is 5.94. The SMILES string of the molecule is COC(=O)c1ccc2c(=O)n(-c3cc(F)cc(F)c3)c(N3CCC(C(N)=O)CC3)nc2c1. The fraction of sp³-hybridized carbons (Fsp3) is 0.273. The molecule has 0 atom stereocenters. The van der Waals surface area contributed by atoms with E-state index in [1.165, 1.54) is 25.3 Å². The smallest absolute Gasteiger partial charge is 0.337 e. The molecule has 2 aromatic carbocycles. The van der Waals surface area contributed by atoms with E-state index in [0.717, 1.165) is 16.7 Å². The van der Waals surface area contributed by atoms with Crippen molar-refractivity contribution in [1.82, 2.24) is 9.55 Å². The van der Waals surface area contributed by atoms with Crippen LogP contribution in [0.2, 0.25) is 0 Å². The van der Waals surface area contributed by atoms with Crippen LogP contribution in [-0.4, -0.2) is 41.6 Å². The van der Waals surface area contributed by atoms with Gasteiger partial charge in [-0.25, -0.2) is 23.1 Å². The molecule has 1 saturated heterocycles. The van der Waals surface area contributed by atoms with Gasteiger partial charge in [0.1, 0.15) is 11.6 Å². The molecule has 32 heavy (non-hydrogen) atoms. The van der Waals surface area contributed by atoms with Crippen molar-refractivity contribution in [3.8, 4) is 5.69 Å². The average Bonchev–Trinajstić information content (AvgIpc) is 2.77. The normalized spacial score (nSPS) is 14.5. The van der Waals surface area contributed by atoms with Crippen LogP contribution in [0.25, 0.3) is 16.6 Å². The third-order valence-corrected chi connectivity index (χ3v) is 5.56. The van der Waals surface area contributed by atoms with Crippen LogP contribution in [0, 0.1) is 17.6 Å². The number of piperidine rings is 1. The Kier molecular flexibility index (Phi) is 5.60. The zero-order chi connectivity index (χ0) is 23.0. The predicted octanol–water partition coefficient (Wildman–Crippen LogP) is 2.15. The van der Waals surface area contributed by atoms with Crippen LogP contribution >= 0.6 is 0 Å². The fourth-order valence-corrected chi connectivity index (χ4v) is 3.90. The highest BCUT2D eigenvalue weighted by atomic mass is 19.1. The van der Waals surface area contributed by atoms with Crippen molar-refractivity contribution in [3.63, 3.8) is 0 Å². The van der Waals surface area contributed by atoms with Gasteiger partial charge in [-0.05, 0) is 43.2 Å². The molecule has 8 nitrogen and oxygen atoms in total. The molecule has 0 saturated carbocycles. The zero-order valence-corrected chi connectivity index (χ0v) is 17.2. The largest absolute Gasteiger partial charge is 0.465 e. The van der Waals surface area contributed by atoms with Crippen LogP contribution < -0.4 is 16.2 Å². The highest BCUT2D eigenvalue weighted by Gasteiger charge is 2.27. The van der Waals surface area contributed by atoms with E-state index in [-0.39, 0.29) is 34.0 Å². The number of nitrogens with two attached hydrogens (primary N) is 1. The molecule has 0 spiro atoms. The molecule has 10 heteroatoms. The van der Waals surface area contributed by atoms with Gasteiger partial charge < -0.3 is 15.4 Å². The predicted molar refractivity (Wildman–Crippen MR) is 113 cm³/mol. The number of esters is 1. The Morgan fingerprint density at radius 2 is 1.75 bits per heavy atom. The number of carbonyl (C=O) groups is 2. The Labute approximate surface area is 181 Å². The molecule has 0 radical (unpaired) electrons. The third kappa shape index (κ3) is 3.91. The minimum Gasteiger partial charge on any atom is -0.465 e. The molecule has 0 bridgehead atoms. The summed E-state index contributed by atoms with van der Waals surface area (Å²) >= 11 is 0. The molecule has 0 unspecified atom stereocenters. The van der Waals surface area contributed by atoms with Crippen LogP contribution in [-0.2, 0) is 9.53 Å². The van der Waals surface area contributed by atoms with Crippen molar-refractivity contribution in [2.75, 3.05) is 25.1 Å². The quantitative estimate of drug-likeness (QED) is 0.621. The number of hydrogen-bond donors (Lipinski definition) is 1. The number of aromatic nitrogens is 2. The number of rotatable bonds is 4. The number of halogens is 2. The Bertz CT molecular complexity index is 1260. The van der Waals surface area contributed by atoms with Gasteiger partial charge in [-0.3, -0.25) is 9.59 Å². The Balaban J connectivity index is 1.92. The first-order chi connectivity index (χ1) is 15.3. The Hall–Kier alpha value is -3.82. The maximum Gasteiger partial charge on any atom is 0.337 e. The average molecular weight is 442 g/mol. The second kappa shape index (κ2) is 8.37. The summed E-state index contributed by atoms with van der Waals surface area (Å²) in [4.78, 5) is 43.2. The summed E-state index contributed by atoms with van der Waals surface area (Å²) in [5, 5.41) is 0.165. The number of anilines is 1. The molecule has 4 rings (SSSR count). The molecule has 2 heterocycles. The molecular weight excluding hydrogens is 422 g/mol. The molecular formula is C22H20F2N4O4. The minimum atomic E-state index is -0.841. The van der Waals surface area contributed by atoms with E-state index in [4.69, 9.17) is 10.5 Å². The first-order valence-corrected chi connectivity index (χ1v) is 9.94. The van der Waals surface area contributed by atoms with Gasteiger partial charge in [0.25, 0.3) is 5.56 Å². The van der Waals surface area contributed by atoms with E-state index >= 15 is 0 Å². The number of carbonyl (C=O) groups excluding carboxylic acids is 2. The maximum atomic E-state index is 14.0. The standard InChI is InChI=1S/C22H20F2N4O4/c1-32-21(31)13-2-3-17-18(8-13)26-22(27-6-4-12(5-7-27)19(25)29)28(20(17)30)16-10-14(23)9-15(24)11-16/h2-3,8-12H,4-7H2,1H3,(H2,25,29). The van der Waals surface area contributed by atoms with Gasteiger partial charge in [-0.1, -0.05) is 0 Å². The molecule has 166 valence electrons. The third-order valence-electron chi connectivity index (χ3n) is 5.56. The van der Waals surface area contributed by atoms with Gasteiger partial charge in [-0.15, -0.1) is 0 Å². The summed E-state index contributed by atoms with van der Waals surface area (Å²) in [7, 11) is 1.24. The second-order valence-corrected chi connectivity index (χ2v) is 7.57. The van der Waals surface area contributed by atoms with Crippen molar-refractivity contribution in [2.45, 2.75) is 12.8 Å². The lowest BCUT2D eigenvalue weighted by Crippen LogP contribution is -2.41. The van der Waals surface area contributed by atoms with E-state index in [9.17, 15) is 23.2 Å². The lowest BCUT2D eigenvalue weighted by molar-refractivity contribution is -0.122. The highest BCUT2D eigenvalue weighted by Crippen LogP contribution is 2.26. The van der Waals surface area contributed by atoms with Gasteiger partial charge in [0, 0.05) is 25.1 Å². The lowest BCUT2D eigenvalue weighted by atomic mass is 9.96. The van der Waals surface area contributed by atoms with E-state index in [0.29, 0.717) is 32.0 Å². The molecule has 1 aromatic heterocycles. The molecule has 1 amide bonds. The minimum absolute atomic E-state index is 0.0223. The van der Waals surface area contributed by atoms with Crippen LogP contribution in [0.4, 0.5) is 14.7 Å². The number of primary amides is 1. The number of amides is 1. The number of methoxy groups -OCH3 is 1. The number of nitrogens with zero attached hydrogens (tertiary/aromatic N) is 3. The topological polar surface area (TPSA) is 108 Å². The monoisotopic (exact) mass is 442 g/mol. The summed E-state index contributed by atoms with van der Waals surface area (Å²) in [6.45, 7) is 0.722. The number of hydrogen-bond acceptors (Lipinski definition) is 6. The van der Waals surface area contributed by atoms with Gasteiger partial charge in [0.05, 0.1) is 29.3 Å². The van der Waals surface area contributed by atoms with E-state index in [2.05, 4.69) is 4.98 Å². The fourth-order valence-electron chi connectivity index (χ4n) is 3.90. The van der Waals surface area contributed by atoms with E-state index < -0.39 is 29.1 Å². The summed E-state index contributed by atoms with van der Waals surface area (Å²) in [5.74, 6) is -2.82. The summed E-state index contributed by atoms with van der Waals surface area (Å²) in [6, 6.07) is 7.07. The lowest BCUT2D eigenvalue weighted by Gasteiger charge is -2.32. The second-order valence-electron chi connectivity index (χ2n) is 7.57. The molecule has 1 aliphatic heterocycles. The van der Waals surface area contributed by atoms with Gasteiger partial charge in [0.15, 0.2) is 0 Å². The molecule has 1 fully saturated rings. The number of ether oxygens (including phenoxy) is 1. The van der Waals surface area contributed by atoms with Crippen molar-refractivity contribution >= 4 is 28.7 Å². The molecule has 1 aliphatic rings. The summed E-state index contributed by atoms with van der Waals surface area (Å²) in [5.41, 5.74) is 5.27. The van der Waals surface area contributed by atoms with E-state index in [1.54, 1.807) is 4.90 Å². The summed E-state index contributed by atoms with van der Waals surface area (Å²) < 4.78 is 33.8. The molecule has 3 aromatic rings. The Morgan fingerprint density at radius 3 is 2.34 bits per heavy atom. The first-order valence-electron chi connectivity index (χ1n) is 9.94. The van der Waals surface area contributed by atoms with Crippen LogP contribution in [0.1, 0.15) is 23.2 Å². The summed E-state index contributed by atoms with van der Waals surface area (Å²) in [6.07, 6.45) is 0.895. The van der Waals surface area contributed by atoms with Crippen molar-refractivity contribution in [3.05, 3.63) is 63.9 Å². The first kappa shape index (κ1) is 21.4. The van der Waals surface area contributed by atoms with Gasteiger partial charge in [-0.2, -0.15) is 0 Å².